The fraction of sp³-hybridized carbons (Fsp3) is 0.600. The van der Waals surface area contributed by atoms with E-state index in [1.807, 2.05) is 11.9 Å². The highest BCUT2D eigenvalue weighted by Crippen LogP contribution is 2.27. The summed E-state index contributed by atoms with van der Waals surface area (Å²) in [6.07, 6.45) is 4.95. The van der Waals surface area contributed by atoms with Gasteiger partial charge in [0.05, 0.1) is 36.2 Å². The molecule has 6 heteroatoms. The zero-order valence-electron chi connectivity index (χ0n) is 12.6. The van der Waals surface area contributed by atoms with Crippen molar-refractivity contribution in [1.82, 2.24) is 4.98 Å². The minimum Gasteiger partial charge on any atom is -0.462 e. The lowest BCUT2D eigenvalue weighted by molar-refractivity contribution is 0.0527. The fourth-order valence-corrected chi connectivity index (χ4v) is 2.75. The van der Waals surface area contributed by atoms with E-state index < -0.39 is 5.97 Å². The molecule has 0 amide bonds. The van der Waals surface area contributed by atoms with Gasteiger partial charge in [0.25, 0.3) is 0 Å². The predicted molar refractivity (Wildman–Crippen MR) is 81.3 cm³/mol. The number of aromatic nitrogens is 1. The van der Waals surface area contributed by atoms with Crippen LogP contribution in [0.2, 0.25) is 0 Å². The molecule has 1 aliphatic carbocycles. The molecule has 2 unspecified atom stereocenters. The van der Waals surface area contributed by atoms with Crippen molar-refractivity contribution >= 4 is 17.5 Å². The fourth-order valence-electron chi connectivity index (χ4n) is 2.75. The Bertz CT molecular complexity index is 507. The number of nitrogens with zero attached hydrogens (tertiary/aromatic N) is 2. The average molecular weight is 293 g/mol. The Kier molecular flexibility index (Phi) is 5.01. The van der Waals surface area contributed by atoms with Gasteiger partial charge in [0.1, 0.15) is 5.82 Å². The highest BCUT2D eigenvalue weighted by Gasteiger charge is 2.28. The monoisotopic (exact) mass is 293 g/mol. The van der Waals surface area contributed by atoms with Crippen molar-refractivity contribution in [2.75, 3.05) is 24.3 Å². The van der Waals surface area contributed by atoms with Gasteiger partial charge in [-0.2, -0.15) is 0 Å². The number of carbonyl (C=O) groups excluding carboxylic acids is 1. The van der Waals surface area contributed by atoms with Crippen molar-refractivity contribution in [3.05, 3.63) is 17.8 Å². The number of pyridine rings is 1. The molecule has 0 bridgehead atoms. The number of nitrogen functional groups attached to an aromatic ring is 1. The molecule has 2 atom stereocenters. The van der Waals surface area contributed by atoms with Gasteiger partial charge < -0.3 is 20.5 Å². The van der Waals surface area contributed by atoms with Crippen LogP contribution in [0, 0.1) is 0 Å². The molecule has 0 aliphatic heterocycles. The Hall–Kier alpha value is -1.82. The highest BCUT2D eigenvalue weighted by atomic mass is 16.5. The summed E-state index contributed by atoms with van der Waals surface area (Å²) >= 11 is 0. The van der Waals surface area contributed by atoms with Crippen LogP contribution in [0.5, 0.6) is 0 Å². The van der Waals surface area contributed by atoms with Crippen molar-refractivity contribution in [1.29, 1.82) is 0 Å². The van der Waals surface area contributed by atoms with Crippen molar-refractivity contribution in [2.45, 2.75) is 44.8 Å². The lowest BCUT2D eigenvalue weighted by Crippen LogP contribution is -2.43. The molecule has 2 rings (SSSR count). The first-order chi connectivity index (χ1) is 10.0. The standard InChI is InChI=1S/C15H23N3O3/c1-3-21-15(20)10-8-14(17-9-11(10)16)18(2)12-6-4-5-7-13(12)19/h8-9,12-13,19H,3-7,16H2,1-2H3. The number of aliphatic hydroxyl groups excluding tert-OH is 1. The molecule has 0 saturated heterocycles. The topological polar surface area (TPSA) is 88.7 Å². The molecule has 1 aromatic rings. The van der Waals surface area contributed by atoms with Crippen molar-refractivity contribution in [3.8, 4) is 0 Å². The summed E-state index contributed by atoms with van der Waals surface area (Å²) < 4.78 is 5.00. The van der Waals surface area contributed by atoms with Gasteiger partial charge in [-0.1, -0.05) is 12.8 Å². The van der Waals surface area contributed by atoms with Gasteiger partial charge in [-0.3, -0.25) is 0 Å². The third kappa shape index (κ3) is 3.44. The molecule has 21 heavy (non-hydrogen) atoms. The Balaban J connectivity index is 2.23. The summed E-state index contributed by atoms with van der Waals surface area (Å²) in [6.45, 7) is 2.05. The van der Waals surface area contributed by atoms with E-state index in [4.69, 9.17) is 10.5 Å². The summed E-state index contributed by atoms with van der Waals surface area (Å²) in [4.78, 5) is 18.1. The van der Waals surface area contributed by atoms with Crippen LogP contribution < -0.4 is 10.6 Å². The van der Waals surface area contributed by atoms with Crippen LogP contribution in [0.15, 0.2) is 12.3 Å². The number of aliphatic hydroxyl groups is 1. The van der Waals surface area contributed by atoms with Crippen LogP contribution in [0.1, 0.15) is 43.0 Å². The van der Waals surface area contributed by atoms with Gasteiger partial charge in [-0.25, -0.2) is 9.78 Å². The summed E-state index contributed by atoms with van der Waals surface area (Å²) in [7, 11) is 1.88. The van der Waals surface area contributed by atoms with E-state index in [1.54, 1.807) is 13.0 Å². The smallest absolute Gasteiger partial charge is 0.340 e. The van der Waals surface area contributed by atoms with Gasteiger partial charge in [-0.05, 0) is 25.8 Å². The number of hydrogen-bond acceptors (Lipinski definition) is 6. The molecule has 0 aromatic carbocycles. The molecule has 0 radical (unpaired) electrons. The summed E-state index contributed by atoms with van der Waals surface area (Å²) in [5, 5.41) is 10.1. The second-order valence-electron chi connectivity index (χ2n) is 5.38. The molecule has 1 heterocycles. The molecule has 1 aliphatic rings. The maximum Gasteiger partial charge on any atom is 0.340 e. The maximum atomic E-state index is 11.9. The molecule has 1 fully saturated rings. The van der Waals surface area contributed by atoms with Gasteiger partial charge in [0.15, 0.2) is 0 Å². The number of nitrogens with two attached hydrogens (primary N) is 1. The van der Waals surface area contributed by atoms with E-state index in [1.165, 1.54) is 6.20 Å². The van der Waals surface area contributed by atoms with Crippen LogP contribution in [0.25, 0.3) is 0 Å². The van der Waals surface area contributed by atoms with Gasteiger partial charge in [0, 0.05) is 7.05 Å². The first-order valence-electron chi connectivity index (χ1n) is 7.38. The van der Waals surface area contributed by atoms with Crippen molar-refractivity contribution in [3.63, 3.8) is 0 Å². The Morgan fingerprint density at radius 1 is 1.52 bits per heavy atom. The summed E-state index contributed by atoms with van der Waals surface area (Å²) in [5.74, 6) is 0.175. The zero-order chi connectivity index (χ0) is 15.4. The Labute approximate surface area is 124 Å². The largest absolute Gasteiger partial charge is 0.462 e. The van der Waals surface area contributed by atoms with Crippen molar-refractivity contribution in [2.24, 2.45) is 0 Å². The molecule has 6 nitrogen and oxygen atoms in total. The molecular weight excluding hydrogens is 270 g/mol. The molecule has 1 aromatic heterocycles. The maximum absolute atomic E-state index is 11.9. The van der Waals surface area contributed by atoms with Gasteiger partial charge in [0.2, 0.25) is 0 Å². The Morgan fingerprint density at radius 3 is 2.90 bits per heavy atom. The third-order valence-corrected chi connectivity index (χ3v) is 3.97. The van der Waals surface area contributed by atoms with Crippen LogP contribution in [-0.2, 0) is 4.74 Å². The molecule has 1 saturated carbocycles. The number of anilines is 2. The molecule has 3 N–H and O–H groups in total. The summed E-state index contributed by atoms with van der Waals surface area (Å²) in [5.41, 5.74) is 6.41. The number of ether oxygens (including phenoxy) is 1. The first-order valence-corrected chi connectivity index (χ1v) is 7.38. The number of hydrogen-bond donors (Lipinski definition) is 2. The molecule has 116 valence electrons. The van der Waals surface area contributed by atoms with E-state index in [2.05, 4.69) is 4.98 Å². The molecular formula is C15H23N3O3. The lowest BCUT2D eigenvalue weighted by atomic mass is 9.91. The SMILES string of the molecule is CCOC(=O)c1cc(N(C)C2CCCCC2O)ncc1N. The van der Waals surface area contributed by atoms with E-state index in [0.717, 1.165) is 25.7 Å². The number of rotatable bonds is 4. The van der Waals surface area contributed by atoms with Crippen molar-refractivity contribution < 1.29 is 14.6 Å². The number of likely N-dealkylation sites (N-methyl/N-ethyl adjacent to an activating group) is 1. The lowest BCUT2D eigenvalue weighted by Gasteiger charge is -2.36. The second kappa shape index (κ2) is 6.76. The molecule has 0 spiro atoms. The van der Waals surface area contributed by atoms with E-state index in [0.29, 0.717) is 23.7 Å². The zero-order valence-corrected chi connectivity index (χ0v) is 12.6. The highest BCUT2D eigenvalue weighted by molar-refractivity contribution is 5.95. The van der Waals surface area contributed by atoms with Crippen LogP contribution in [0.3, 0.4) is 0 Å². The summed E-state index contributed by atoms with van der Waals surface area (Å²) in [6, 6.07) is 1.65. The predicted octanol–water partition coefficient (Wildman–Crippen LogP) is 1.58. The minimum absolute atomic E-state index is 0.0184. The van der Waals surface area contributed by atoms with Crippen LogP contribution in [0.4, 0.5) is 11.5 Å². The normalized spacial score (nSPS) is 21.9. The van der Waals surface area contributed by atoms with Gasteiger partial charge in [-0.15, -0.1) is 0 Å². The van der Waals surface area contributed by atoms with Crippen LogP contribution >= 0.6 is 0 Å². The minimum atomic E-state index is -0.448. The van der Waals surface area contributed by atoms with E-state index in [-0.39, 0.29) is 12.1 Å². The van der Waals surface area contributed by atoms with Crippen LogP contribution in [-0.4, -0.2) is 41.9 Å². The quantitative estimate of drug-likeness (QED) is 0.819. The van der Waals surface area contributed by atoms with Gasteiger partial charge >= 0.3 is 5.97 Å². The van der Waals surface area contributed by atoms with E-state index in [9.17, 15) is 9.90 Å². The average Bonchev–Trinajstić information content (AvgIpc) is 2.48. The Morgan fingerprint density at radius 2 is 2.24 bits per heavy atom. The number of carbonyl (C=O) groups is 1. The third-order valence-electron chi connectivity index (χ3n) is 3.97. The number of esters is 1. The second-order valence-corrected chi connectivity index (χ2v) is 5.38. The van der Waals surface area contributed by atoms with E-state index >= 15 is 0 Å². The first kappa shape index (κ1) is 15.6.